The van der Waals surface area contributed by atoms with Crippen molar-refractivity contribution in [3.63, 3.8) is 0 Å². The Morgan fingerprint density at radius 2 is 1.48 bits per heavy atom. The first kappa shape index (κ1) is 46.2. The molecule has 2 saturated heterocycles. The number of hydrogen-bond donors (Lipinski definition) is 2. The molecule has 0 aromatic carbocycles. The van der Waals surface area contributed by atoms with E-state index in [4.69, 9.17) is 29.2 Å². The van der Waals surface area contributed by atoms with Crippen LogP contribution in [-0.4, -0.2) is 132 Å². The van der Waals surface area contributed by atoms with Crippen LogP contribution in [0.15, 0.2) is 6.07 Å². The molecule has 15 nitrogen and oxygen atoms in total. The number of nitrogens with one attached hydrogen (secondary N) is 1. The first-order chi connectivity index (χ1) is 27.2. The summed E-state index contributed by atoms with van der Waals surface area (Å²) in [5.41, 5.74) is 5.00. The van der Waals surface area contributed by atoms with Crippen LogP contribution in [0, 0.1) is 17.3 Å². The fraction of sp³-hybridized carbons (Fsp3) is 0.857. The molecular formula is C42H75N8O7P. The van der Waals surface area contributed by atoms with Gasteiger partial charge in [-0.2, -0.15) is 9.97 Å². The molecule has 0 spiro atoms. The Morgan fingerprint density at radius 3 is 2.10 bits per heavy atom. The molecular weight excluding hydrogens is 759 g/mol. The van der Waals surface area contributed by atoms with Gasteiger partial charge in [-0.1, -0.05) is 33.1 Å². The minimum absolute atomic E-state index is 0.107. The number of ether oxygens (including phenoxy) is 2. The zero-order valence-corrected chi connectivity index (χ0v) is 37.8. The summed E-state index contributed by atoms with van der Waals surface area (Å²) in [5.74, 6) is 2.60. The molecule has 2 aliphatic carbocycles. The van der Waals surface area contributed by atoms with Crippen LogP contribution in [0.4, 0.5) is 27.2 Å². The van der Waals surface area contributed by atoms with Gasteiger partial charge in [0.15, 0.2) is 0 Å². The van der Waals surface area contributed by atoms with Crippen molar-refractivity contribution in [1.82, 2.24) is 24.7 Å². The molecule has 0 unspecified atom stereocenters. The van der Waals surface area contributed by atoms with Crippen LogP contribution in [0.3, 0.4) is 0 Å². The highest BCUT2D eigenvalue weighted by molar-refractivity contribution is 7.53. The van der Waals surface area contributed by atoms with Gasteiger partial charge in [0.2, 0.25) is 5.95 Å². The summed E-state index contributed by atoms with van der Waals surface area (Å²) in [6.45, 7) is 22.8. The number of carbonyl (C=O) groups is 2. The number of amides is 2. The standard InChI is InChI=1S/C42H75N8O7P/c1-40(2,3)56-38(51)49(19-12-20-50(34-13-10-9-11-14-34)39(52)57-41(4,5)6)29-33-17-15-32(16-18-33)28-44-37-45-35(43)27-36(46-37)48-23-21-47(22-24-48)25-26-58(53)54-30-42(7,8)31-55-58/h27,32-34H,9-26,28-31H2,1-8H3,(H3,43,44,45,46). The molecule has 0 atom stereocenters. The Morgan fingerprint density at radius 1 is 0.879 bits per heavy atom. The van der Waals surface area contributed by atoms with Gasteiger partial charge < -0.3 is 44.3 Å². The fourth-order valence-corrected chi connectivity index (χ4v) is 10.2. The quantitative estimate of drug-likeness (QED) is 0.174. The van der Waals surface area contributed by atoms with Crippen molar-refractivity contribution in [2.45, 2.75) is 137 Å². The van der Waals surface area contributed by atoms with Gasteiger partial charge in [-0.05, 0) is 98.3 Å². The summed E-state index contributed by atoms with van der Waals surface area (Å²) < 4.78 is 36.1. The summed E-state index contributed by atoms with van der Waals surface area (Å²) in [7, 11) is -3.04. The van der Waals surface area contributed by atoms with Crippen molar-refractivity contribution < 1.29 is 32.7 Å². The second kappa shape index (κ2) is 20.1. The number of nitrogen functional groups attached to an aromatic ring is 1. The Bertz CT molecular complexity index is 1520. The maximum Gasteiger partial charge on any atom is 0.410 e. The molecule has 2 saturated carbocycles. The highest BCUT2D eigenvalue weighted by Crippen LogP contribution is 2.53. The molecule has 1 aromatic heterocycles. The van der Waals surface area contributed by atoms with Gasteiger partial charge in [-0.15, -0.1) is 0 Å². The van der Waals surface area contributed by atoms with Crippen molar-refractivity contribution in [2.75, 3.05) is 94.2 Å². The monoisotopic (exact) mass is 835 g/mol. The maximum atomic E-state index is 13.5. The Kier molecular flexibility index (Phi) is 16.0. The number of anilines is 3. The van der Waals surface area contributed by atoms with E-state index in [1.54, 1.807) is 0 Å². The van der Waals surface area contributed by atoms with E-state index in [1.165, 1.54) is 6.42 Å². The SMILES string of the molecule is CC1(C)COP(=O)(CCN2CCN(c3cc(N)nc(NCC4CCC(CN(CCCN(C(=O)OC(C)(C)C)C5CCCCC5)C(=O)OC(C)(C)C)CC4)n3)CC2)OC1. The van der Waals surface area contributed by atoms with Gasteiger partial charge in [0, 0.05) is 76.4 Å². The van der Waals surface area contributed by atoms with Gasteiger partial charge in [0.05, 0.1) is 19.4 Å². The van der Waals surface area contributed by atoms with E-state index in [9.17, 15) is 14.2 Å². The number of piperazine rings is 1. The highest BCUT2D eigenvalue weighted by atomic mass is 31.2. The topological polar surface area (TPSA) is 165 Å². The van der Waals surface area contributed by atoms with Gasteiger partial charge >= 0.3 is 19.8 Å². The molecule has 16 heteroatoms. The molecule has 0 radical (unpaired) electrons. The molecule has 330 valence electrons. The Balaban J connectivity index is 1.07. The van der Waals surface area contributed by atoms with Crippen LogP contribution in [0.2, 0.25) is 0 Å². The lowest BCUT2D eigenvalue weighted by molar-refractivity contribution is 0.00902. The molecule has 3 N–H and O–H groups in total. The molecule has 58 heavy (non-hydrogen) atoms. The second-order valence-corrected chi connectivity index (χ2v) is 22.0. The summed E-state index contributed by atoms with van der Waals surface area (Å²) in [5, 5.41) is 3.47. The lowest BCUT2D eigenvalue weighted by Gasteiger charge is -2.37. The Hall–Kier alpha value is -2.87. The van der Waals surface area contributed by atoms with E-state index in [1.807, 2.05) is 57.4 Å². The summed E-state index contributed by atoms with van der Waals surface area (Å²) >= 11 is 0. The molecule has 2 amide bonds. The molecule has 1 aromatic rings. The summed E-state index contributed by atoms with van der Waals surface area (Å²) in [4.78, 5) is 44.5. The molecule has 5 rings (SSSR count). The number of rotatable bonds is 14. The minimum Gasteiger partial charge on any atom is -0.444 e. The third-order valence-corrected chi connectivity index (χ3v) is 13.3. The van der Waals surface area contributed by atoms with Crippen LogP contribution >= 0.6 is 7.60 Å². The minimum atomic E-state index is -3.04. The predicted molar refractivity (Wildman–Crippen MR) is 229 cm³/mol. The van der Waals surface area contributed by atoms with Gasteiger partial charge in [0.25, 0.3) is 0 Å². The van der Waals surface area contributed by atoms with Crippen molar-refractivity contribution in [1.29, 1.82) is 0 Å². The number of hydrogen-bond acceptors (Lipinski definition) is 13. The molecule has 2 aliphatic heterocycles. The maximum absolute atomic E-state index is 13.5. The zero-order chi connectivity index (χ0) is 42.1. The van der Waals surface area contributed by atoms with Crippen molar-refractivity contribution in [3.8, 4) is 0 Å². The van der Waals surface area contributed by atoms with Crippen molar-refractivity contribution in [2.24, 2.45) is 17.3 Å². The van der Waals surface area contributed by atoms with E-state index in [-0.39, 0.29) is 23.6 Å². The van der Waals surface area contributed by atoms with Crippen LogP contribution in [-0.2, 0) is 23.1 Å². The van der Waals surface area contributed by atoms with E-state index in [2.05, 4.69) is 33.9 Å². The molecule has 0 bridgehead atoms. The second-order valence-electron chi connectivity index (χ2n) is 19.9. The predicted octanol–water partition coefficient (Wildman–Crippen LogP) is 7.86. The average Bonchev–Trinajstić information content (AvgIpc) is 3.15. The number of nitrogens with two attached hydrogens (primary N) is 1. The van der Waals surface area contributed by atoms with E-state index in [0.717, 1.165) is 89.9 Å². The smallest absolute Gasteiger partial charge is 0.410 e. The lowest BCUT2D eigenvalue weighted by atomic mass is 9.81. The first-order valence-electron chi connectivity index (χ1n) is 22.0. The largest absolute Gasteiger partial charge is 0.444 e. The summed E-state index contributed by atoms with van der Waals surface area (Å²) in [6, 6.07) is 2.01. The van der Waals surface area contributed by atoms with Crippen molar-refractivity contribution in [3.05, 3.63) is 6.07 Å². The average molecular weight is 835 g/mol. The number of aromatic nitrogens is 2. The van der Waals surface area contributed by atoms with Crippen LogP contribution < -0.4 is 16.0 Å². The van der Waals surface area contributed by atoms with Crippen LogP contribution in [0.5, 0.6) is 0 Å². The molecule has 3 heterocycles. The first-order valence-corrected chi connectivity index (χ1v) is 23.7. The zero-order valence-electron chi connectivity index (χ0n) is 36.9. The lowest BCUT2D eigenvalue weighted by Crippen LogP contribution is -2.47. The highest BCUT2D eigenvalue weighted by Gasteiger charge is 2.37. The third-order valence-electron chi connectivity index (χ3n) is 11.5. The molecule has 4 fully saturated rings. The van der Waals surface area contributed by atoms with E-state index in [0.29, 0.717) is 75.6 Å². The number of nitrogens with zero attached hydrogens (tertiary/aromatic N) is 6. The van der Waals surface area contributed by atoms with Gasteiger partial charge in [0.1, 0.15) is 22.8 Å². The van der Waals surface area contributed by atoms with E-state index < -0.39 is 18.8 Å². The Labute approximate surface area is 348 Å². The molecule has 4 aliphatic rings. The van der Waals surface area contributed by atoms with Gasteiger partial charge in [-0.3, -0.25) is 9.46 Å². The summed E-state index contributed by atoms with van der Waals surface area (Å²) in [6.07, 6.45) is 10.0. The fourth-order valence-electron chi connectivity index (χ4n) is 8.23. The van der Waals surface area contributed by atoms with Crippen LogP contribution in [0.1, 0.15) is 120 Å². The van der Waals surface area contributed by atoms with Crippen LogP contribution in [0.25, 0.3) is 0 Å². The number of carbonyl (C=O) groups excluding carboxylic acids is 2. The van der Waals surface area contributed by atoms with Gasteiger partial charge in [-0.25, -0.2) is 9.59 Å². The van der Waals surface area contributed by atoms with E-state index >= 15 is 0 Å². The normalized spacial score (nSPS) is 23.2. The van der Waals surface area contributed by atoms with Crippen molar-refractivity contribution >= 4 is 37.4 Å². The third kappa shape index (κ3) is 15.0.